The van der Waals surface area contributed by atoms with Gasteiger partial charge in [-0.05, 0) is 36.6 Å². The molecule has 4 rings (SSSR count). The molecule has 18 nitrogen and oxygen atoms in total. The summed E-state index contributed by atoms with van der Waals surface area (Å²) in [7, 11) is -4.56. The van der Waals surface area contributed by atoms with Gasteiger partial charge >= 0.3 is 25.3 Å². The van der Waals surface area contributed by atoms with Gasteiger partial charge in [0.15, 0.2) is 6.23 Å². The Bertz CT molecular complexity index is 1660. The first-order chi connectivity index (χ1) is 22.9. The molecule has 0 amide bonds. The van der Waals surface area contributed by atoms with Crippen molar-refractivity contribution < 1.29 is 43.1 Å². The SMILES string of the molecule is C[C@H](NP(=O)(N[C@@H](C)C(=O)OCc1ccccc1)OC[C@@]1(N=[N+]=[N-])O[C@@H](n2ccc(N)nc2=O)[C@H](O)[C@@H]1O)C(=O)OCc1ccccc1. The van der Waals surface area contributed by atoms with E-state index < -0.39 is 68.2 Å². The van der Waals surface area contributed by atoms with Gasteiger partial charge in [0, 0.05) is 11.1 Å². The number of anilines is 1. The Morgan fingerprint density at radius 2 is 1.56 bits per heavy atom. The summed E-state index contributed by atoms with van der Waals surface area (Å²) in [6, 6.07) is 16.2. The van der Waals surface area contributed by atoms with Crippen LogP contribution in [0.25, 0.3) is 10.4 Å². The summed E-state index contributed by atoms with van der Waals surface area (Å²) in [5.74, 6) is -1.80. The van der Waals surface area contributed by atoms with Crippen molar-refractivity contribution in [1.29, 1.82) is 0 Å². The highest BCUT2D eigenvalue weighted by Gasteiger charge is 2.56. The molecule has 0 saturated carbocycles. The normalized spacial score (nSPS) is 21.9. The molecule has 1 aliphatic heterocycles. The second-order valence-electron chi connectivity index (χ2n) is 10.7. The van der Waals surface area contributed by atoms with Crippen molar-refractivity contribution >= 4 is 25.4 Å². The van der Waals surface area contributed by atoms with Crippen molar-refractivity contribution in [3.8, 4) is 0 Å². The molecule has 0 aliphatic carbocycles. The molecule has 6 N–H and O–H groups in total. The van der Waals surface area contributed by atoms with E-state index in [9.17, 15) is 34.7 Å². The minimum Gasteiger partial charge on any atom is -0.460 e. The quantitative estimate of drug-likeness (QED) is 0.0501. The van der Waals surface area contributed by atoms with E-state index in [1.165, 1.54) is 19.9 Å². The second-order valence-corrected chi connectivity index (χ2v) is 12.6. The van der Waals surface area contributed by atoms with Crippen LogP contribution < -0.4 is 21.6 Å². The van der Waals surface area contributed by atoms with Crippen LogP contribution in [-0.2, 0) is 46.1 Å². The number of hydrogen-bond acceptors (Lipinski definition) is 13. The summed E-state index contributed by atoms with van der Waals surface area (Å²) in [6.07, 6.45) is -4.41. The number of nitrogens with one attached hydrogen (secondary N) is 2. The zero-order chi connectivity index (χ0) is 34.9. The van der Waals surface area contributed by atoms with Crippen molar-refractivity contribution in [1.82, 2.24) is 19.7 Å². The molecular formula is C29H35N8O10P. The summed E-state index contributed by atoms with van der Waals surface area (Å²) in [5.41, 5.74) is 12.8. The zero-order valence-electron chi connectivity index (χ0n) is 25.9. The Kier molecular flexibility index (Phi) is 12.0. The lowest BCUT2D eigenvalue weighted by Crippen LogP contribution is -2.47. The smallest absolute Gasteiger partial charge is 0.351 e. The van der Waals surface area contributed by atoms with Crippen LogP contribution in [0.4, 0.5) is 5.82 Å². The Morgan fingerprint density at radius 3 is 2.04 bits per heavy atom. The monoisotopic (exact) mass is 686 g/mol. The molecule has 1 saturated heterocycles. The van der Waals surface area contributed by atoms with Crippen LogP contribution in [0.15, 0.2) is 82.8 Å². The van der Waals surface area contributed by atoms with Gasteiger partial charge in [0.25, 0.3) is 0 Å². The number of benzene rings is 2. The first-order valence-corrected chi connectivity index (χ1v) is 16.1. The first kappa shape index (κ1) is 36.2. The molecule has 1 aromatic heterocycles. The number of ether oxygens (including phenoxy) is 3. The van der Waals surface area contributed by atoms with E-state index in [1.54, 1.807) is 60.7 Å². The van der Waals surface area contributed by atoms with Crippen LogP contribution in [0.2, 0.25) is 0 Å². The summed E-state index contributed by atoms with van der Waals surface area (Å²) in [6.45, 7) is 1.45. The fourth-order valence-electron chi connectivity index (χ4n) is 4.54. The van der Waals surface area contributed by atoms with Gasteiger partial charge in [0.2, 0.25) is 5.72 Å². The van der Waals surface area contributed by atoms with Crippen LogP contribution in [0.5, 0.6) is 0 Å². The van der Waals surface area contributed by atoms with Gasteiger partial charge in [-0.25, -0.2) is 15.0 Å². The van der Waals surface area contributed by atoms with Crippen molar-refractivity contribution in [3.63, 3.8) is 0 Å². The van der Waals surface area contributed by atoms with E-state index in [0.717, 1.165) is 10.8 Å². The number of nitrogens with two attached hydrogens (primary N) is 1. The number of carbonyl (C=O) groups is 2. The molecule has 2 aromatic carbocycles. The molecule has 19 heteroatoms. The predicted octanol–water partition coefficient (Wildman–Crippen LogP) is 1.65. The molecule has 3 aromatic rings. The summed E-state index contributed by atoms with van der Waals surface area (Å²) in [4.78, 5) is 44.4. The number of carbonyl (C=O) groups excluding carboxylic acids is 2. The molecule has 6 atom stereocenters. The van der Waals surface area contributed by atoms with Crippen LogP contribution in [0.3, 0.4) is 0 Å². The third kappa shape index (κ3) is 9.03. The predicted molar refractivity (Wildman–Crippen MR) is 168 cm³/mol. The third-order valence-corrected chi connectivity index (χ3v) is 9.02. The average molecular weight is 687 g/mol. The van der Waals surface area contributed by atoms with E-state index in [1.807, 2.05) is 0 Å². The fraction of sp³-hybridized carbons (Fsp3) is 0.379. The highest BCUT2D eigenvalue weighted by molar-refractivity contribution is 7.54. The van der Waals surface area contributed by atoms with Crippen LogP contribution in [0.1, 0.15) is 31.2 Å². The van der Waals surface area contributed by atoms with Crippen molar-refractivity contribution in [3.05, 3.63) is 105 Å². The number of aromatic nitrogens is 2. The van der Waals surface area contributed by atoms with Gasteiger partial charge < -0.3 is 34.7 Å². The molecule has 0 unspecified atom stereocenters. The molecule has 0 radical (unpaired) electrons. The Morgan fingerprint density at radius 1 is 1.04 bits per heavy atom. The maximum atomic E-state index is 14.3. The second kappa shape index (κ2) is 16.0. The van der Waals surface area contributed by atoms with Gasteiger partial charge in [-0.2, -0.15) is 4.98 Å². The maximum absolute atomic E-state index is 14.3. The summed E-state index contributed by atoms with van der Waals surface area (Å²) in [5, 5.41) is 30.2. The molecule has 0 spiro atoms. The minimum absolute atomic E-state index is 0.0921. The van der Waals surface area contributed by atoms with E-state index in [2.05, 4.69) is 25.2 Å². The van der Waals surface area contributed by atoms with Crippen molar-refractivity contribution in [2.45, 2.75) is 63.3 Å². The lowest BCUT2D eigenvalue weighted by atomic mass is 10.1. The topological polar surface area (TPSA) is 262 Å². The Labute approximate surface area is 274 Å². The Hall–Kier alpha value is -4.64. The standard InChI is InChI=1S/C29H35N8O10P/c1-18(26(40)44-15-20-9-5-3-6-10-20)33-48(43,34-19(2)27(41)45-16-21-11-7-4-8-12-21)46-17-29(35-36-31)24(39)23(38)25(47-29)37-14-13-22(30)32-28(37)42/h3-14,18-19,23-25,38-39H,15-17H2,1-2H3,(H2,30,32,42)(H2,33,34,43)/t18-,19-,23+,24-,25+,29+/m0/s1. The summed E-state index contributed by atoms with van der Waals surface area (Å²) < 4.78 is 37.0. The van der Waals surface area contributed by atoms with E-state index in [-0.39, 0.29) is 19.0 Å². The highest BCUT2D eigenvalue weighted by Crippen LogP contribution is 2.45. The number of nitrogen functional groups attached to an aromatic ring is 1. The molecule has 48 heavy (non-hydrogen) atoms. The molecule has 2 heterocycles. The summed E-state index contributed by atoms with van der Waals surface area (Å²) >= 11 is 0. The number of hydrogen-bond donors (Lipinski definition) is 5. The largest absolute Gasteiger partial charge is 0.460 e. The van der Waals surface area contributed by atoms with E-state index in [4.69, 9.17) is 24.5 Å². The van der Waals surface area contributed by atoms with E-state index in [0.29, 0.717) is 11.1 Å². The first-order valence-electron chi connectivity index (χ1n) is 14.5. The number of aliphatic hydroxyl groups excluding tert-OH is 2. The van der Waals surface area contributed by atoms with Gasteiger partial charge in [0.05, 0.1) is 6.61 Å². The van der Waals surface area contributed by atoms with Gasteiger partial charge in [-0.15, -0.1) is 0 Å². The van der Waals surface area contributed by atoms with Crippen LogP contribution in [-0.4, -0.2) is 68.3 Å². The lowest BCUT2D eigenvalue weighted by molar-refractivity contribution is -0.147. The van der Waals surface area contributed by atoms with Gasteiger partial charge in [0.1, 0.15) is 43.3 Å². The minimum atomic E-state index is -4.56. The van der Waals surface area contributed by atoms with Gasteiger partial charge in [-0.1, -0.05) is 65.8 Å². The fourth-order valence-corrected chi connectivity index (χ4v) is 6.36. The molecule has 256 valence electrons. The highest BCUT2D eigenvalue weighted by atomic mass is 31.2. The third-order valence-electron chi connectivity index (χ3n) is 7.08. The molecule has 1 fully saturated rings. The van der Waals surface area contributed by atoms with Gasteiger partial charge in [-0.3, -0.25) is 18.7 Å². The van der Waals surface area contributed by atoms with Crippen molar-refractivity contribution in [2.75, 3.05) is 12.3 Å². The Balaban J connectivity index is 1.54. The molecule has 1 aliphatic rings. The lowest BCUT2D eigenvalue weighted by Gasteiger charge is -2.31. The average Bonchev–Trinajstić information content (AvgIpc) is 3.31. The maximum Gasteiger partial charge on any atom is 0.351 e. The van der Waals surface area contributed by atoms with Crippen molar-refractivity contribution in [2.24, 2.45) is 5.11 Å². The number of aliphatic hydroxyl groups is 2. The molecular weight excluding hydrogens is 651 g/mol. The van der Waals surface area contributed by atoms with Crippen LogP contribution in [0, 0.1) is 0 Å². The number of rotatable bonds is 15. The zero-order valence-corrected chi connectivity index (χ0v) is 26.8. The number of nitrogens with zero attached hydrogens (tertiary/aromatic N) is 5. The number of azide groups is 1. The van der Waals surface area contributed by atoms with Crippen LogP contribution >= 0.6 is 7.67 Å². The molecule has 0 bridgehead atoms. The van der Waals surface area contributed by atoms with E-state index >= 15 is 0 Å². The number of esters is 2.